The fraction of sp³-hybridized carbons (Fsp3) is 0.588. The Morgan fingerprint density at radius 1 is 1.24 bits per heavy atom. The molecule has 0 fully saturated rings. The number of nitrogens with zero attached hydrogens (tertiary/aromatic N) is 1. The number of benzene rings is 1. The van der Waals surface area contributed by atoms with E-state index in [1.165, 1.54) is 0 Å². The van der Waals surface area contributed by atoms with Crippen LogP contribution in [0.25, 0.3) is 0 Å². The fourth-order valence-corrected chi connectivity index (χ4v) is 2.58. The van der Waals surface area contributed by atoms with Crippen molar-refractivity contribution in [3.8, 4) is 0 Å². The quantitative estimate of drug-likeness (QED) is 0.770. The van der Waals surface area contributed by atoms with Crippen LogP contribution in [0.1, 0.15) is 39.2 Å². The van der Waals surface area contributed by atoms with Gasteiger partial charge >= 0.3 is 0 Å². The molecule has 1 rings (SSSR count). The van der Waals surface area contributed by atoms with Crippen molar-refractivity contribution in [2.24, 2.45) is 17.4 Å². The molecule has 0 aromatic heterocycles. The molecule has 0 aliphatic heterocycles. The third-order valence-corrected chi connectivity index (χ3v) is 4.15. The van der Waals surface area contributed by atoms with Crippen LogP contribution >= 0.6 is 0 Å². The summed E-state index contributed by atoms with van der Waals surface area (Å²) < 4.78 is 0. The van der Waals surface area contributed by atoms with E-state index in [1.807, 2.05) is 30.3 Å². The Bertz CT molecular complexity index is 447. The van der Waals surface area contributed by atoms with Crippen molar-refractivity contribution in [1.82, 2.24) is 4.90 Å². The van der Waals surface area contributed by atoms with Crippen LogP contribution in [-0.2, 0) is 10.3 Å². The van der Waals surface area contributed by atoms with Crippen molar-refractivity contribution < 1.29 is 4.79 Å². The molecule has 0 saturated carbocycles. The van der Waals surface area contributed by atoms with E-state index in [4.69, 9.17) is 11.5 Å². The first kappa shape index (κ1) is 17.7. The van der Waals surface area contributed by atoms with Crippen LogP contribution in [0.3, 0.4) is 0 Å². The lowest BCUT2D eigenvalue weighted by Crippen LogP contribution is -2.51. The smallest absolute Gasteiger partial charge is 0.242 e. The number of primary amides is 1. The summed E-state index contributed by atoms with van der Waals surface area (Å²) in [6.07, 6.45) is 1.64. The molecular formula is C17H29N3O. The monoisotopic (exact) mass is 291 g/mol. The van der Waals surface area contributed by atoms with Gasteiger partial charge in [-0.05, 0) is 38.3 Å². The van der Waals surface area contributed by atoms with Crippen LogP contribution in [-0.4, -0.2) is 30.4 Å². The normalized spacial score (nSPS) is 16.0. The highest BCUT2D eigenvalue weighted by atomic mass is 16.1. The molecule has 0 spiro atoms. The van der Waals surface area contributed by atoms with Crippen LogP contribution in [0.2, 0.25) is 0 Å². The Morgan fingerprint density at radius 3 is 2.29 bits per heavy atom. The van der Waals surface area contributed by atoms with Crippen LogP contribution in [0.4, 0.5) is 0 Å². The maximum absolute atomic E-state index is 11.9. The van der Waals surface area contributed by atoms with Gasteiger partial charge in [0.15, 0.2) is 0 Å². The molecule has 21 heavy (non-hydrogen) atoms. The minimum absolute atomic E-state index is 0.456. The Morgan fingerprint density at radius 2 is 1.81 bits per heavy atom. The first-order chi connectivity index (χ1) is 9.77. The molecule has 0 saturated heterocycles. The van der Waals surface area contributed by atoms with Crippen LogP contribution in [0, 0.1) is 5.92 Å². The maximum atomic E-state index is 11.9. The van der Waals surface area contributed by atoms with Gasteiger partial charge in [-0.3, -0.25) is 4.79 Å². The first-order valence-electron chi connectivity index (χ1n) is 7.62. The lowest BCUT2D eigenvalue weighted by Gasteiger charge is -2.32. The van der Waals surface area contributed by atoms with Crippen molar-refractivity contribution >= 4 is 5.91 Å². The van der Waals surface area contributed by atoms with Gasteiger partial charge in [-0.2, -0.15) is 0 Å². The first-order valence-corrected chi connectivity index (χ1v) is 7.62. The van der Waals surface area contributed by atoms with E-state index in [2.05, 4.69) is 32.7 Å². The zero-order chi connectivity index (χ0) is 16.0. The summed E-state index contributed by atoms with van der Waals surface area (Å²) in [5, 5.41) is 0. The Labute approximate surface area is 128 Å². The van der Waals surface area contributed by atoms with E-state index >= 15 is 0 Å². The van der Waals surface area contributed by atoms with Gasteiger partial charge in [-0.25, -0.2) is 0 Å². The number of carbonyl (C=O) groups is 1. The molecule has 4 nitrogen and oxygen atoms in total. The van der Waals surface area contributed by atoms with E-state index in [0.29, 0.717) is 18.4 Å². The van der Waals surface area contributed by atoms with E-state index < -0.39 is 11.4 Å². The maximum Gasteiger partial charge on any atom is 0.242 e. The molecule has 4 heteroatoms. The molecular weight excluding hydrogens is 262 g/mol. The van der Waals surface area contributed by atoms with Gasteiger partial charge in [0.05, 0.1) is 0 Å². The largest absolute Gasteiger partial charge is 0.368 e. The van der Waals surface area contributed by atoms with Gasteiger partial charge in [-0.1, -0.05) is 44.2 Å². The van der Waals surface area contributed by atoms with Crippen molar-refractivity contribution in [2.45, 2.75) is 45.2 Å². The van der Waals surface area contributed by atoms with E-state index in [1.54, 1.807) is 0 Å². The lowest BCUT2D eigenvalue weighted by atomic mass is 9.86. The summed E-state index contributed by atoms with van der Waals surface area (Å²) >= 11 is 0. The summed E-state index contributed by atoms with van der Waals surface area (Å²) in [5.74, 6) is 0.175. The lowest BCUT2D eigenvalue weighted by molar-refractivity contribution is -0.123. The predicted octanol–water partition coefficient (Wildman–Crippen LogP) is 2.08. The van der Waals surface area contributed by atoms with Crippen LogP contribution in [0.5, 0.6) is 0 Å². The third-order valence-electron chi connectivity index (χ3n) is 4.15. The SMILES string of the molecule is CC(C)CC(C)N(C)CCC(N)(C(N)=O)c1ccccc1. The van der Waals surface area contributed by atoms with Crippen molar-refractivity contribution in [2.75, 3.05) is 13.6 Å². The van der Waals surface area contributed by atoms with E-state index in [-0.39, 0.29) is 0 Å². The Kier molecular flexibility index (Phi) is 6.37. The molecule has 1 amide bonds. The van der Waals surface area contributed by atoms with Gasteiger partial charge in [0, 0.05) is 12.6 Å². The minimum atomic E-state index is -1.10. The molecule has 0 aliphatic rings. The molecule has 1 aromatic carbocycles. The number of rotatable bonds is 8. The van der Waals surface area contributed by atoms with Crippen molar-refractivity contribution in [1.29, 1.82) is 0 Å². The van der Waals surface area contributed by atoms with Gasteiger partial charge in [0.25, 0.3) is 0 Å². The van der Waals surface area contributed by atoms with Gasteiger partial charge in [-0.15, -0.1) is 0 Å². The Balaban J connectivity index is 2.75. The topological polar surface area (TPSA) is 72.3 Å². The number of nitrogens with two attached hydrogens (primary N) is 2. The van der Waals surface area contributed by atoms with E-state index in [0.717, 1.165) is 18.5 Å². The highest BCUT2D eigenvalue weighted by Gasteiger charge is 2.34. The molecule has 0 radical (unpaired) electrons. The molecule has 0 bridgehead atoms. The molecule has 1 aromatic rings. The van der Waals surface area contributed by atoms with Gasteiger partial charge < -0.3 is 16.4 Å². The Hall–Kier alpha value is -1.39. The standard InChI is InChI=1S/C17H29N3O/c1-13(2)12-14(3)20(4)11-10-17(19,16(18)21)15-8-6-5-7-9-15/h5-9,13-14H,10-12,19H2,1-4H3,(H2,18,21). The van der Waals surface area contributed by atoms with E-state index in [9.17, 15) is 4.79 Å². The molecule has 0 heterocycles. The van der Waals surface area contributed by atoms with Crippen molar-refractivity contribution in [3.05, 3.63) is 35.9 Å². The molecule has 2 unspecified atom stereocenters. The zero-order valence-electron chi connectivity index (χ0n) is 13.7. The molecule has 0 aliphatic carbocycles. The molecule has 2 atom stereocenters. The summed E-state index contributed by atoms with van der Waals surface area (Å²) in [6, 6.07) is 9.85. The summed E-state index contributed by atoms with van der Waals surface area (Å²) in [6.45, 7) is 7.36. The fourth-order valence-electron chi connectivity index (χ4n) is 2.58. The van der Waals surface area contributed by atoms with Crippen molar-refractivity contribution in [3.63, 3.8) is 0 Å². The summed E-state index contributed by atoms with van der Waals surface area (Å²) in [7, 11) is 2.07. The minimum Gasteiger partial charge on any atom is -0.368 e. The molecule has 4 N–H and O–H groups in total. The average molecular weight is 291 g/mol. The summed E-state index contributed by atoms with van der Waals surface area (Å²) in [5.41, 5.74) is 11.6. The molecule has 118 valence electrons. The number of carbonyl (C=O) groups excluding carboxylic acids is 1. The average Bonchev–Trinajstić information content (AvgIpc) is 2.44. The summed E-state index contributed by atoms with van der Waals surface area (Å²) in [4.78, 5) is 14.1. The number of hydrogen-bond acceptors (Lipinski definition) is 3. The third kappa shape index (κ3) is 4.83. The number of amides is 1. The van der Waals surface area contributed by atoms with Crippen LogP contribution < -0.4 is 11.5 Å². The highest BCUT2D eigenvalue weighted by molar-refractivity contribution is 5.85. The van der Waals surface area contributed by atoms with Crippen LogP contribution in [0.15, 0.2) is 30.3 Å². The van der Waals surface area contributed by atoms with Gasteiger partial charge in [0.1, 0.15) is 5.54 Å². The highest BCUT2D eigenvalue weighted by Crippen LogP contribution is 2.23. The van der Waals surface area contributed by atoms with Gasteiger partial charge in [0.2, 0.25) is 5.91 Å². The number of hydrogen-bond donors (Lipinski definition) is 2. The second-order valence-electron chi connectivity index (χ2n) is 6.41. The predicted molar refractivity (Wildman–Crippen MR) is 87.7 cm³/mol. The second kappa shape index (κ2) is 7.57. The zero-order valence-corrected chi connectivity index (χ0v) is 13.7. The second-order valence-corrected chi connectivity index (χ2v) is 6.41.